The van der Waals surface area contributed by atoms with Crippen molar-refractivity contribution in [2.75, 3.05) is 5.43 Å². The molecule has 6 heteroatoms. The highest BCUT2D eigenvalue weighted by atomic mass is 15.4. The number of rotatable bonds is 5. The third kappa shape index (κ3) is 4.49. The lowest BCUT2D eigenvalue weighted by Crippen LogP contribution is -2.20. The number of benzene rings is 2. The Hall–Kier alpha value is -3.02. The average Bonchev–Trinajstić information content (AvgIpc) is 2.54. The first-order valence-corrected chi connectivity index (χ1v) is 7.58. The molecule has 2 aromatic carbocycles. The van der Waals surface area contributed by atoms with Crippen LogP contribution in [0.25, 0.3) is 0 Å². The Morgan fingerprint density at radius 2 is 1.46 bits per heavy atom. The number of nitrogen functional groups attached to an aromatic ring is 1. The van der Waals surface area contributed by atoms with Gasteiger partial charge in [-0.2, -0.15) is 0 Å². The van der Waals surface area contributed by atoms with Crippen molar-refractivity contribution in [3.8, 4) is 0 Å². The van der Waals surface area contributed by atoms with Crippen LogP contribution in [0.15, 0.2) is 58.9 Å². The van der Waals surface area contributed by atoms with Crippen LogP contribution in [0.5, 0.6) is 0 Å². The second-order valence-electron chi connectivity index (χ2n) is 6.47. The molecule has 0 saturated heterocycles. The number of amidine groups is 1. The van der Waals surface area contributed by atoms with E-state index in [2.05, 4.69) is 15.8 Å². The minimum Gasteiger partial charge on any atom is -0.384 e. The van der Waals surface area contributed by atoms with Crippen LogP contribution >= 0.6 is 0 Å². The van der Waals surface area contributed by atoms with Gasteiger partial charge < -0.3 is 11.1 Å². The van der Waals surface area contributed by atoms with Crippen LogP contribution in [0.4, 0.5) is 11.4 Å². The molecule has 0 radical (unpaired) electrons. The Labute approximate surface area is 141 Å². The summed E-state index contributed by atoms with van der Waals surface area (Å²) in [6.45, 7) is 6.06. The molecule has 0 atom stereocenters. The molecule has 0 saturated carbocycles. The predicted octanol–water partition coefficient (Wildman–Crippen LogP) is 4.50. The van der Waals surface area contributed by atoms with Crippen LogP contribution in [0.1, 0.15) is 31.9 Å². The lowest BCUT2D eigenvalue weighted by Gasteiger charge is -2.20. The summed E-state index contributed by atoms with van der Waals surface area (Å²) in [5.41, 5.74) is 11.7. The van der Waals surface area contributed by atoms with Crippen LogP contribution in [0.2, 0.25) is 0 Å². The molecule has 2 rings (SSSR count). The molecule has 0 aromatic heterocycles. The molecule has 0 aliphatic heterocycles. The maximum Gasteiger partial charge on any atom is 0.122 e. The first-order valence-electron chi connectivity index (χ1n) is 7.58. The van der Waals surface area contributed by atoms with E-state index in [4.69, 9.17) is 16.6 Å². The summed E-state index contributed by atoms with van der Waals surface area (Å²) in [5, 5.41) is 23.5. The molecule has 0 amide bonds. The minimum absolute atomic E-state index is 0.0255. The number of hydrogen-bond acceptors (Lipinski definition) is 4. The van der Waals surface area contributed by atoms with Crippen molar-refractivity contribution in [3.63, 3.8) is 0 Å². The second-order valence-corrected chi connectivity index (χ2v) is 6.47. The largest absolute Gasteiger partial charge is 0.384 e. The number of nitrogens with two attached hydrogens (primary N) is 1. The molecule has 6 nitrogen and oxygen atoms in total. The van der Waals surface area contributed by atoms with Crippen molar-refractivity contribution in [2.45, 2.75) is 20.8 Å². The van der Waals surface area contributed by atoms with Crippen molar-refractivity contribution >= 4 is 22.9 Å². The summed E-state index contributed by atoms with van der Waals surface area (Å²) in [6.07, 6.45) is 0. The highest BCUT2D eigenvalue weighted by Crippen LogP contribution is 2.22. The molecular formula is C18H22N6. The second kappa shape index (κ2) is 7.04. The highest BCUT2D eigenvalue weighted by Gasteiger charge is 2.18. The van der Waals surface area contributed by atoms with Crippen LogP contribution in [0, 0.1) is 16.2 Å². The zero-order valence-electron chi connectivity index (χ0n) is 14.1. The van der Waals surface area contributed by atoms with Gasteiger partial charge in [-0.25, -0.2) is 0 Å². The van der Waals surface area contributed by atoms with Gasteiger partial charge >= 0.3 is 0 Å². The molecule has 0 bridgehead atoms. The molecule has 24 heavy (non-hydrogen) atoms. The fraction of sp³-hybridized carbons (Fsp3) is 0.222. The van der Waals surface area contributed by atoms with Crippen molar-refractivity contribution in [2.24, 2.45) is 21.5 Å². The molecule has 0 fully saturated rings. The van der Waals surface area contributed by atoms with E-state index in [-0.39, 0.29) is 11.3 Å². The summed E-state index contributed by atoms with van der Waals surface area (Å²) in [5.74, 6) is 0.0255. The van der Waals surface area contributed by atoms with Gasteiger partial charge in [0.1, 0.15) is 5.84 Å². The van der Waals surface area contributed by atoms with E-state index in [0.29, 0.717) is 17.0 Å². The summed E-state index contributed by atoms with van der Waals surface area (Å²) in [7, 11) is 0. The van der Waals surface area contributed by atoms with E-state index < -0.39 is 0 Å². The third-order valence-corrected chi connectivity index (χ3v) is 3.45. The zero-order valence-corrected chi connectivity index (χ0v) is 14.1. The summed E-state index contributed by atoms with van der Waals surface area (Å²) >= 11 is 0. The fourth-order valence-electron chi connectivity index (χ4n) is 1.99. The van der Waals surface area contributed by atoms with Crippen LogP contribution in [0.3, 0.4) is 0 Å². The Balaban J connectivity index is 1.99. The van der Waals surface area contributed by atoms with Crippen molar-refractivity contribution in [1.82, 2.24) is 0 Å². The molecule has 0 spiro atoms. The molecular weight excluding hydrogens is 300 g/mol. The van der Waals surface area contributed by atoms with Crippen molar-refractivity contribution < 1.29 is 0 Å². The van der Waals surface area contributed by atoms with Gasteiger partial charge in [-0.15, -0.1) is 5.11 Å². The lowest BCUT2D eigenvalue weighted by atomic mass is 9.86. The SMILES string of the molecule is CC(C)(C)C(=N)c1ccc(NN=Nc2ccc(C(=N)N)cc2)cc1. The molecule has 5 N–H and O–H groups in total. The smallest absolute Gasteiger partial charge is 0.122 e. The Kier molecular flexibility index (Phi) is 5.08. The van der Waals surface area contributed by atoms with E-state index in [1.165, 1.54) is 0 Å². The Morgan fingerprint density at radius 1 is 0.917 bits per heavy atom. The quantitative estimate of drug-likeness (QED) is 0.281. The van der Waals surface area contributed by atoms with Gasteiger partial charge in [0.2, 0.25) is 0 Å². The Morgan fingerprint density at radius 3 is 1.96 bits per heavy atom. The zero-order chi connectivity index (χ0) is 17.7. The van der Waals surface area contributed by atoms with Gasteiger partial charge in [0, 0.05) is 16.7 Å². The van der Waals surface area contributed by atoms with Crippen molar-refractivity contribution in [1.29, 1.82) is 10.8 Å². The van der Waals surface area contributed by atoms with E-state index in [1.54, 1.807) is 24.3 Å². The van der Waals surface area contributed by atoms with E-state index in [9.17, 15) is 0 Å². The topological polar surface area (TPSA) is 110 Å². The fourth-order valence-corrected chi connectivity index (χ4v) is 1.99. The van der Waals surface area contributed by atoms with E-state index in [0.717, 1.165) is 11.3 Å². The maximum absolute atomic E-state index is 8.16. The molecule has 0 aliphatic rings. The molecule has 124 valence electrons. The van der Waals surface area contributed by atoms with Gasteiger partial charge in [0.05, 0.1) is 11.4 Å². The van der Waals surface area contributed by atoms with Crippen LogP contribution in [-0.4, -0.2) is 11.5 Å². The number of nitrogens with zero attached hydrogens (tertiary/aromatic N) is 2. The molecule has 0 aliphatic carbocycles. The van der Waals surface area contributed by atoms with Crippen molar-refractivity contribution in [3.05, 3.63) is 59.7 Å². The van der Waals surface area contributed by atoms with Gasteiger partial charge in [-0.3, -0.25) is 10.8 Å². The van der Waals surface area contributed by atoms with Crippen LogP contribution in [-0.2, 0) is 0 Å². The van der Waals surface area contributed by atoms with Gasteiger partial charge in [0.15, 0.2) is 0 Å². The van der Waals surface area contributed by atoms with Gasteiger partial charge in [-0.1, -0.05) is 38.1 Å². The van der Waals surface area contributed by atoms with E-state index >= 15 is 0 Å². The number of hydrogen-bond donors (Lipinski definition) is 4. The number of anilines is 1. The molecule has 0 unspecified atom stereocenters. The minimum atomic E-state index is -0.180. The lowest BCUT2D eigenvalue weighted by molar-refractivity contribution is 0.588. The monoisotopic (exact) mass is 322 g/mol. The average molecular weight is 322 g/mol. The molecule has 2 aromatic rings. The summed E-state index contributed by atoms with van der Waals surface area (Å²) < 4.78 is 0. The third-order valence-electron chi connectivity index (χ3n) is 3.45. The number of nitrogens with one attached hydrogen (secondary N) is 3. The summed E-state index contributed by atoms with van der Waals surface area (Å²) in [6, 6.07) is 14.5. The predicted molar refractivity (Wildman–Crippen MR) is 98.3 cm³/mol. The van der Waals surface area contributed by atoms with E-state index in [1.807, 2.05) is 45.0 Å². The van der Waals surface area contributed by atoms with Crippen LogP contribution < -0.4 is 11.2 Å². The molecule has 0 heterocycles. The first-order chi connectivity index (χ1) is 11.3. The van der Waals surface area contributed by atoms with Gasteiger partial charge in [-0.05, 0) is 42.0 Å². The van der Waals surface area contributed by atoms with Gasteiger partial charge in [0.25, 0.3) is 0 Å². The normalized spacial score (nSPS) is 11.5. The maximum atomic E-state index is 8.16. The first kappa shape index (κ1) is 17.3. The Bertz CT molecular complexity index is 752. The summed E-state index contributed by atoms with van der Waals surface area (Å²) in [4.78, 5) is 0. The standard InChI is InChI=1S/C18H22N6/c1-18(2,3)16(19)12-4-8-14(9-5-12)22-24-23-15-10-6-13(7-11-15)17(20)21/h4-11,19H,1-3H3,(H3,20,21)(H,22,23). The highest BCUT2D eigenvalue weighted by molar-refractivity contribution is 6.02.